The highest BCUT2D eigenvalue weighted by Gasteiger charge is 2.14. The molecule has 0 saturated carbocycles. The van der Waals surface area contributed by atoms with Crippen molar-refractivity contribution in [1.82, 2.24) is 15.3 Å². The maximum absolute atomic E-state index is 4.45. The molecule has 2 rings (SSSR count). The van der Waals surface area contributed by atoms with E-state index in [4.69, 9.17) is 0 Å². The molecule has 4 heteroatoms. The third kappa shape index (κ3) is 3.89. The molecule has 0 amide bonds. The Kier molecular flexibility index (Phi) is 4.84. The van der Waals surface area contributed by atoms with Crippen LogP contribution in [0.3, 0.4) is 0 Å². The van der Waals surface area contributed by atoms with E-state index in [0.29, 0.717) is 12.0 Å². The topological polar surface area (TPSA) is 37.8 Å². The quantitative estimate of drug-likeness (QED) is 0.866. The van der Waals surface area contributed by atoms with Gasteiger partial charge in [-0.1, -0.05) is 19.9 Å². The highest BCUT2D eigenvalue weighted by Crippen LogP contribution is 2.19. The van der Waals surface area contributed by atoms with Gasteiger partial charge in [0, 0.05) is 18.1 Å². The summed E-state index contributed by atoms with van der Waals surface area (Å²) in [5.41, 5.74) is 4.08. The predicted octanol–water partition coefficient (Wildman–Crippen LogP) is 3.42. The monoisotopic (exact) mass is 261 g/mol. The van der Waals surface area contributed by atoms with E-state index in [1.807, 2.05) is 23.8 Å². The lowest BCUT2D eigenvalue weighted by atomic mass is 10.0. The van der Waals surface area contributed by atoms with Crippen molar-refractivity contribution in [2.24, 2.45) is 5.92 Å². The maximum Gasteiger partial charge on any atom is 0.0795 e. The van der Waals surface area contributed by atoms with Gasteiger partial charge in [0.15, 0.2) is 0 Å². The summed E-state index contributed by atoms with van der Waals surface area (Å²) >= 11 is 1.63. The molecule has 0 spiro atoms. The van der Waals surface area contributed by atoms with Crippen LogP contribution in [0, 0.1) is 5.92 Å². The van der Waals surface area contributed by atoms with Gasteiger partial charge in [-0.3, -0.25) is 4.98 Å². The van der Waals surface area contributed by atoms with E-state index in [1.54, 1.807) is 11.3 Å². The van der Waals surface area contributed by atoms with Crippen LogP contribution < -0.4 is 5.32 Å². The Morgan fingerprint density at radius 2 is 2.17 bits per heavy atom. The van der Waals surface area contributed by atoms with Gasteiger partial charge in [-0.2, -0.15) is 0 Å². The summed E-state index contributed by atoms with van der Waals surface area (Å²) in [6.45, 7) is 5.28. The third-order valence-electron chi connectivity index (χ3n) is 2.76. The van der Waals surface area contributed by atoms with Crippen molar-refractivity contribution in [3.8, 4) is 0 Å². The van der Waals surface area contributed by atoms with Gasteiger partial charge in [0.1, 0.15) is 0 Å². The first-order chi connectivity index (χ1) is 8.75. The van der Waals surface area contributed by atoms with E-state index in [-0.39, 0.29) is 0 Å². The molecule has 1 N–H and O–H groups in total. The van der Waals surface area contributed by atoms with Gasteiger partial charge in [0.05, 0.1) is 22.9 Å². The lowest BCUT2D eigenvalue weighted by Gasteiger charge is -2.19. The number of hydrogen-bond acceptors (Lipinski definition) is 4. The first-order valence-corrected chi connectivity index (χ1v) is 7.21. The van der Waals surface area contributed by atoms with Crippen molar-refractivity contribution >= 4 is 11.3 Å². The average Bonchev–Trinajstić information content (AvgIpc) is 2.88. The van der Waals surface area contributed by atoms with E-state index in [2.05, 4.69) is 40.6 Å². The van der Waals surface area contributed by atoms with Gasteiger partial charge in [0.25, 0.3) is 0 Å². The van der Waals surface area contributed by atoms with Gasteiger partial charge in [-0.15, -0.1) is 11.3 Å². The molecule has 18 heavy (non-hydrogen) atoms. The Labute approximate surface area is 112 Å². The van der Waals surface area contributed by atoms with Crippen molar-refractivity contribution < 1.29 is 0 Å². The molecule has 0 aliphatic heterocycles. The number of nitrogens with zero attached hydrogens (tertiary/aromatic N) is 2. The minimum absolute atomic E-state index is 0.299. The Morgan fingerprint density at radius 3 is 2.78 bits per heavy atom. The Morgan fingerprint density at radius 1 is 1.28 bits per heavy atom. The summed E-state index contributed by atoms with van der Waals surface area (Å²) in [7, 11) is 0. The first-order valence-electron chi connectivity index (χ1n) is 6.27. The normalized spacial score (nSPS) is 12.8. The smallest absolute Gasteiger partial charge is 0.0795 e. The first kappa shape index (κ1) is 13.2. The average molecular weight is 261 g/mol. The molecule has 2 aromatic heterocycles. The van der Waals surface area contributed by atoms with Crippen molar-refractivity contribution in [1.29, 1.82) is 0 Å². The molecule has 0 radical (unpaired) electrons. The molecule has 2 aromatic rings. The van der Waals surface area contributed by atoms with Crippen LogP contribution in [0.5, 0.6) is 0 Å². The molecule has 0 aliphatic carbocycles. The zero-order valence-corrected chi connectivity index (χ0v) is 11.7. The van der Waals surface area contributed by atoms with Crippen LogP contribution >= 0.6 is 11.3 Å². The standard InChI is InChI=1S/C14H19N3S/c1-11(2)7-14(13-5-3-4-6-15-13)16-8-12-9-18-10-17-12/h3-6,9-11,14,16H,7-8H2,1-2H3/t14-/m0/s1. The minimum atomic E-state index is 0.299. The highest BCUT2D eigenvalue weighted by molar-refractivity contribution is 7.07. The zero-order chi connectivity index (χ0) is 12.8. The summed E-state index contributed by atoms with van der Waals surface area (Å²) in [4.78, 5) is 8.75. The Bertz CT molecular complexity index is 439. The molecule has 3 nitrogen and oxygen atoms in total. The van der Waals surface area contributed by atoms with Crippen LogP contribution in [-0.4, -0.2) is 9.97 Å². The van der Waals surface area contributed by atoms with Crippen LogP contribution in [-0.2, 0) is 6.54 Å². The zero-order valence-electron chi connectivity index (χ0n) is 10.8. The SMILES string of the molecule is CC(C)C[C@H](NCc1cscn1)c1ccccn1. The number of pyridine rings is 1. The fraction of sp³-hybridized carbons (Fsp3) is 0.429. The predicted molar refractivity (Wildman–Crippen MR) is 75.4 cm³/mol. The van der Waals surface area contributed by atoms with Gasteiger partial charge in [-0.25, -0.2) is 4.98 Å². The summed E-state index contributed by atoms with van der Waals surface area (Å²) in [5.74, 6) is 0.639. The fourth-order valence-corrected chi connectivity index (χ4v) is 2.47. The van der Waals surface area contributed by atoms with Crippen LogP contribution in [0.1, 0.15) is 37.7 Å². The number of thiazole rings is 1. The number of hydrogen-bond donors (Lipinski definition) is 1. The third-order valence-corrected chi connectivity index (χ3v) is 3.40. The van der Waals surface area contributed by atoms with Gasteiger partial charge in [0.2, 0.25) is 0 Å². The molecule has 96 valence electrons. The number of rotatable bonds is 6. The van der Waals surface area contributed by atoms with E-state index < -0.39 is 0 Å². The second-order valence-electron chi connectivity index (χ2n) is 4.80. The minimum Gasteiger partial charge on any atom is -0.303 e. The summed E-state index contributed by atoms with van der Waals surface area (Å²) in [5, 5.41) is 5.63. The lowest BCUT2D eigenvalue weighted by molar-refractivity contribution is 0.419. The molecule has 0 fully saturated rings. The maximum atomic E-state index is 4.45. The molecular formula is C14H19N3S. The summed E-state index contributed by atoms with van der Waals surface area (Å²) in [6, 6.07) is 6.38. The Hall–Kier alpha value is -1.26. The Balaban J connectivity index is 2.01. The highest BCUT2D eigenvalue weighted by atomic mass is 32.1. The van der Waals surface area contributed by atoms with Crippen LogP contribution in [0.25, 0.3) is 0 Å². The van der Waals surface area contributed by atoms with Crippen LogP contribution in [0.2, 0.25) is 0 Å². The van der Waals surface area contributed by atoms with Crippen molar-refractivity contribution in [2.45, 2.75) is 32.9 Å². The summed E-state index contributed by atoms with van der Waals surface area (Å²) in [6.07, 6.45) is 2.94. The molecule has 0 aliphatic rings. The van der Waals surface area contributed by atoms with E-state index in [0.717, 1.165) is 24.4 Å². The van der Waals surface area contributed by atoms with Crippen molar-refractivity contribution in [3.05, 3.63) is 46.7 Å². The van der Waals surface area contributed by atoms with E-state index in [1.165, 1.54) is 0 Å². The molecule has 1 atom stereocenters. The molecule has 0 unspecified atom stereocenters. The fourth-order valence-electron chi connectivity index (χ4n) is 1.91. The molecule has 0 bridgehead atoms. The largest absolute Gasteiger partial charge is 0.303 e. The van der Waals surface area contributed by atoms with Gasteiger partial charge >= 0.3 is 0 Å². The molecular weight excluding hydrogens is 242 g/mol. The second kappa shape index (κ2) is 6.61. The summed E-state index contributed by atoms with van der Waals surface area (Å²) < 4.78 is 0. The lowest BCUT2D eigenvalue weighted by Crippen LogP contribution is -2.23. The second-order valence-corrected chi connectivity index (χ2v) is 5.52. The van der Waals surface area contributed by atoms with Crippen LogP contribution in [0.4, 0.5) is 0 Å². The molecule has 2 heterocycles. The van der Waals surface area contributed by atoms with Gasteiger partial charge < -0.3 is 5.32 Å². The number of aromatic nitrogens is 2. The van der Waals surface area contributed by atoms with E-state index in [9.17, 15) is 0 Å². The van der Waals surface area contributed by atoms with Crippen molar-refractivity contribution in [2.75, 3.05) is 0 Å². The van der Waals surface area contributed by atoms with Crippen molar-refractivity contribution in [3.63, 3.8) is 0 Å². The molecule has 0 aromatic carbocycles. The number of nitrogens with one attached hydrogen (secondary N) is 1. The van der Waals surface area contributed by atoms with Gasteiger partial charge in [-0.05, 0) is 24.5 Å². The molecule has 0 saturated heterocycles. The van der Waals surface area contributed by atoms with Crippen LogP contribution in [0.15, 0.2) is 35.3 Å². The van der Waals surface area contributed by atoms with E-state index >= 15 is 0 Å².